The first-order valence-electron chi connectivity index (χ1n) is 14.3. The Morgan fingerprint density at radius 3 is 2.78 bits per heavy atom. The van der Waals surface area contributed by atoms with Crippen molar-refractivity contribution in [1.82, 2.24) is 14.8 Å². The Hall–Kier alpha value is -3.76. The van der Waals surface area contributed by atoms with E-state index >= 15 is 0 Å². The number of benzene rings is 1. The first-order chi connectivity index (χ1) is 19.9. The monoisotopic (exact) mass is 561 g/mol. The van der Waals surface area contributed by atoms with Crippen LogP contribution < -0.4 is 9.80 Å². The number of anilines is 2. The van der Waals surface area contributed by atoms with Crippen molar-refractivity contribution in [2.45, 2.75) is 44.2 Å². The number of aryl methyl sites for hydroxylation is 1. The molecular formula is C31H39N5O5. The number of aromatic nitrogens is 3. The summed E-state index contributed by atoms with van der Waals surface area (Å²) in [5, 5.41) is 15.8. The van der Waals surface area contributed by atoms with Gasteiger partial charge in [-0.2, -0.15) is 5.10 Å². The standard InChI is InChI=1S/C31H39N5O5/c1-34-28-9-8-25(14-24(28)17-33-34)35-12-11-23(29(35)20-40-2)19-36(31(39)22-5-4-6-27(37)15-22)26-13-21(16-32-18-26)7-10-30(38)41-3/h7-10,13-14,16-18,22-23,27,29,37H,4-6,11-12,15,19-20H2,1-3H3/b10-7+. The minimum Gasteiger partial charge on any atom is -0.466 e. The molecule has 5 rings (SSSR count). The van der Waals surface area contributed by atoms with Crippen LogP contribution in [-0.4, -0.2) is 77.8 Å². The van der Waals surface area contributed by atoms with Crippen LogP contribution in [0.1, 0.15) is 37.7 Å². The van der Waals surface area contributed by atoms with Gasteiger partial charge in [0.2, 0.25) is 5.91 Å². The molecule has 4 unspecified atom stereocenters. The molecule has 218 valence electrons. The minimum absolute atomic E-state index is 0.00560. The van der Waals surface area contributed by atoms with Gasteiger partial charge in [-0.3, -0.25) is 14.5 Å². The van der Waals surface area contributed by atoms with E-state index < -0.39 is 12.1 Å². The van der Waals surface area contributed by atoms with Crippen molar-refractivity contribution in [1.29, 1.82) is 0 Å². The van der Waals surface area contributed by atoms with Gasteiger partial charge in [-0.25, -0.2) is 4.79 Å². The van der Waals surface area contributed by atoms with Crippen LogP contribution in [0, 0.1) is 11.8 Å². The van der Waals surface area contributed by atoms with E-state index in [-0.39, 0.29) is 23.8 Å². The van der Waals surface area contributed by atoms with Crippen LogP contribution in [0.15, 0.2) is 48.9 Å². The summed E-state index contributed by atoms with van der Waals surface area (Å²) in [6, 6.07) is 8.33. The highest BCUT2D eigenvalue weighted by Crippen LogP contribution is 2.35. The smallest absolute Gasteiger partial charge is 0.330 e. The molecule has 1 amide bonds. The fourth-order valence-corrected chi connectivity index (χ4v) is 6.26. The normalized spacial score (nSPS) is 22.9. The quantitative estimate of drug-likeness (QED) is 0.312. The first kappa shape index (κ1) is 28.8. The molecule has 10 heteroatoms. The number of carbonyl (C=O) groups is 2. The molecule has 3 aromatic rings. The highest BCUT2D eigenvalue weighted by Gasteiger charge is 2.38. The van der Waals surface area contributed by atoms with Crippen LogP contribution in [0.3, 0.4) is 0 Å². The predicted molar refractivity (Wildman–Crippen MR) is 157 cm³/mol. The Morgan fingerprint density at radius 2 is 2.00 bits per heavy atom. The fourth-order valence-electron chi connectivity index (χ4n) is 6.26. The summed E-state index contributed by atoms with van der Waals surface area (Å²) in [5.41, 5.74) is 3.56. The largest absolute Gasteiger partial charge is 0.466 e. The minimum atomic E-state index is -0.461. The van der Waals surface area contributed by atoms with Crippen molar-refractivity contribution in [3.8, 4) is 0 Å². The molecule has 1 aromatic carbocycles. The Bertz CT molecular complexity index is 1400. The molecule has 1 saturated carbocycles. The summed E-state index contributed by atoms with van der Waals surface area (Å²) >= 11 is 0. The van der Waals surface area contributed by atoms with Crippen LogP contribution in [0.2, 0.25) is 0 Å². The van der Waals surface area contributed by atoms with Gasteiger partial charge in [-0.1, -0.05) is 6.42 Å². The highest BCUT2D eigenvalue weighted by atomic mass is 16.5. The second-order valence-corrected chi connectivity index (χ2v) is 11.1. The molecule has 41 heavy (non-hydrogen) atoms. The number of methoxy groups -OCH3 is 2. The van der Waals surface area contributed by atoms with Crippen molar-refractivity contribution < 1.29 is 24.2 Å². The highest BCUT2D eigenvalue weighted by molar-refractivity contribution is 5.95. The Morgan fingerprint density at radius 1 is 1.15 bits per heavy atom. The van der Waals surface area contributed by atoms with E-state index in [1.807, 2.05) is 28.9 Å². The number of carbonyl (C=O) groups excluding carboxylic acids is 2. The third kappa shape index (κ3) is 6.44. The third-order valence-electron chi connectivity index (χ3n) is 8.43. The molecule has 1 aliphatic heterocycles. The number of esters is 1. The summed E-state index contributed by atoms with van der Waals surface area (Å²) < 4.78 is 12.3. The Kier molecular flexibility index (Phi) is 8.99. The van der Waals surface area contributed by atoms with Gasteiger partial charge < -0.3 is 24.4 Å². The van der Waals surface area contributed by atoms with Gasteiger partial charge >= 0.3 is 5.97 Å². The van der Waals surface area contributed by atoms with Gasteiger partial charge in [-0.15, -0.1) is 0 Å². The second-order valence-electron chi connectivity index (χ2n) is 11.1. The molecule has 2 fully saturated rings. The summed E-state index contributed by atoms with van der Waals surface area (Å²) in [4.78, 5) is 34.3. The zero-order valence-electron chi connectivity index (χ0n) is 24.0. The van der Waals surface area contributed by atoms with E-state index in [1.165, 1.54) is 13.2 Å². The van der Waals surface area contributed by atoms with Gasteiger partial charge in [0, 0.05) is 62.4 Å². The van der Waals surface area contributed by atoms with Crippen LogP contribution in [0.5, 0.6) is 0 Å². The van der Waals surface area contributed by atoms with Gasteiger partial charge in [0.15, 0.2) is 0 Å². The number of hydrogen-bond donors (Lipinski definition) is 1. The summed E-state index contributed by atoms with van der Waals surface area (Å²) in [7, 11) is 4.98. The molecule has 0 radical (unpaired) electrons. The molecule has 0 spiro atoms. The molecule has 1 saturated heterocycles. The number of fused-ring (bicyclic) bond motifs is 1. The van der Waals surface area contributed by atoms with Gasteiger partial charge in [-0.05, 0) is 61.6 Å². The number of ether oxygens (including phenoxy) is 2. The molecule has 10 nitrogen and oxygen atoms in total. The molecule has 1 N–H and O–H groups in total. The maximum absolute atomic E-state index is 14.1. The van der Waals surface area contributed by atoms with Crippen molar-refractivity contribution in [2.24, 2.45) is 18.9 Å². The SMILES string of the molecule is COCC1C(CN(C(=O)C2CCCC(O)C2)c2cncc(/C=C/C(=O)OC)c2)CCN1c1ccc2c(cnn2C)c1. The maximum Gasteiger partial charge on any atom is 0.330 e. The topological polar surface area (TPSA) is 110 Å². The lowest BCUT2D eigenvalue weighted by molar-refractivity contribution is -0.134. The Balaban J connectivity index is 1.43. The van der Waals surface area contributed by atoms with Gasteiger partial charge in [0.1, 0.15) is 0 Å². The number of nitrogens with zero attached hydrogens (tertiary/aromatic N) is 5. The number of hydrogen-bond acceptors (Lipinski definition) is 8. The third-order valence-corrected chi connectivity index (χ3v) is 8.43. The van der Waals surface area contributed by atoms with E-state index in [9.17, 15) is 14.7 Å². The number of aliphatic hydroxyl groups excluding tert-OH is 1. The lowest BCUT2D eigenvalue weighted by atomic mass is 9.86. The van der Waals surface area contributed by atoms with Gasteiger partial charge in [0.25, 0.3) is 0 Å². The molecule has 4 atom stereocenters. The van der Waals surface area contributed by atoms with Crippen LogP contribution in [-0.2, 0) is 26.1 Å². The van der Waals surface area contributed by atoms with E-state index in [0.717, 1.165) is 48.8 Å². The zero-order valence-corrected chi connectivity index (χ0v) is 24.0. The van der Waals surface area contributed by atoms with E-state index in [2.05, 4.69) is 33.2 Å². The number of rotatable bonds is 9. The molecule has 1 aliphatic carbocycles. The fraction of sp³-hybridized carbons (Fsp3) is 0.484. The van der Waals surface area contributed by atoms with Crippen molar-refractivity contribution in [2.75, 3.05) is 43.7 Å². The average Bonchev–Trinajstić information content (AvgIpc) is 3.56. The number of pyridine rings is 1. The Labute approximate surface area is 240 Å². The van der Waals surface area contributed by atoms with Crippen molar-refractivity contribution in [3.05, 3.63) is 54.5 Å². The molecule has 2 aromatic heterocycles. The van der Waals surface area contributed by atoms with E-state index in [1.54, 1.807) is 25.6 Å². The number of aliphatic hydroxyl groups is 1. The maximum atomic E-state index is 14.1. The van der Waals surface area contributed by atoms with Crippen LogP contribution in [0.4, 0.5) is 11.4 Å². The lowest BCUT2D eigenvalue weighted by Gasteiger charge is -2.35. The number of amides is 1. The summed E-state index contributed by atoms with van der Waals surface area (Å²) in [5.74, 6) is -0.561. The second kappa shape index (κ2) is 12.8. The molecule has 3 heterocycles. The van der Waals surface area contributed by atoms with Gasteiger partial charge in [0.05, 0.1) is 49.5 Å². The van der Waals surface area contributed by atoms with Crippen LogP contribution >= 0.6 is 0 Å². The van der Waals surface area contributed by atoms with Crippen molar-refractivity contribution in [3.63, 3.8) is 0 Å². The summed E-state index contributed by atoms with van der Waals surface area (Å²) in [6.07, 6.45) is 11.4. The van der Waals surface area contributed by atoms with E-state index in [4.69, 9.17) is 9.47 Å². The summed E-state index contributed by atoms with van der Waals surface area (Å²) in [6.45, 7) is 1.87. The molecule has 2 aliphatic rings. The molecular weight excluding hydrogens is 522 g/mol. The van der Waals surface area contributed by atoms with Crippen molar-refractivity contribution >= 4 is 40.2 Å². The predicted octanol–water partition coefficient (Wildman–Crippen LogP) is 3.58. The van der Waals surface area contributed by atoms with Crippen LogP contribution in [0.25, 0.3) is 17.0 Å². The lowest BCUT2D eigenvalue weighted by Crippen LogP contribution is -2.45. The average molecular weight is 562 g/mol. The zero-order chi connectivity index (χ0) is 28.9. The first-order valence-corrected chi connectivity index (χ1v) is 14.3. The molecule has 0 bridgehead atoms. The van der Waals surface area contributed by atoms with E-state index in [0.29, 0.717) is 30.8 Å².